The molecule has 1 saturated carbocycles. The first-order valence-electron chi connectivity index (χ1n) is 9.94. The van der Waals surface area contributed by atoms with E-state index in [1.807, 2.05) is 32.2 Å². The van der Waals surface area contributed by atoms with Gasteiger partial charge in [-0.3, -0.25) is 4.21 Å². The lowest BCUT2D eigenvalue weighted by molar-refractivity contribution is 0.413. The van der Waals surface area contributed by atoms with E-state index in [-0.39, 0.29) is 0 Å². The Morgan fingerprint density at radius 1 is 1.33 bits per heavy atom. The Bertz CT molecular complexity index is 816. The number of fused-ring (bicyclic) bond motifs is 1. The summed E-state index contributed by atoms with van der Waals surface area (Å²) in [5.41, 5.74) is 2.12. The average molecular weight is 390 g/mol. The van der Waals surface area contributed by atoms with Gasteiger partial charge in [-0.25, -0.2) is 9.98 Å². The molecule has 0 saturated heterocycles. The van der Waals surface area contributed by atoms with E-state index in [9.17, 15) is 4.21 Å². The van der Waals surface area contributed by atoms with Gasteiger partial charge in [0.2, 0.25) is 0 Å². The van der Waals surface area contributed by atoms with Crippen molar-refractivity contribution in [3.05, 3.63) is 30.1 Å². The zero-order valence-electron chi connectivity index (χ0n) is 16.6. The molecule has 1 aliphatic carbocycles. The zero-order valence-corrected chi connectivity index (χ0v) is 17.4. The van der Waals surface area contributed by atoms with Gasteiger partial charge in [0.1, 0.15) is 12.4 Å². The SMILES string of the molecule is CCNC(=NCc1nc2ccccc2n1C)NC1CCCC(S(=O)CC)C1. The maximum atomic E-state index is 12.2. The Morgan fingerprint density at radius 3 is 2.89 bits per heavy atom. The molecule has 148 valence electrons. The number of aliphatic imine (C=N–C) groups is 1. The molecule has 1 aromatic carbocycles. The number of imidazole rings is 1. The normalized spacial score (nSPS) is 22.0. The molecule has 0 radical (unpaired) electrons. The van der Waals surface area contributed by atoms with Crippen molar-refractivity contribution >= 4 is 27.8 Å². The Kier molecular flexibility index (Phi) is 6.88. The molecule has 0 bridgehead atoms. The summed E-state index contributed by atoms with van der Waals surface area (Å²) in [6.45, 7) is 5.42. The molecule has 1 aromatic heterocycles. The number of para-hydroxylation sites is 2. The fourth-order valence-electron chi connectivity index (χ4n) is 3.75. The molecule has 2 N–H and O–H groups in total. The number of benzene rings is 1. The van der Waals surface area contributed by atoms with Gasteiger partial charge in [0.05, 0.1) is 11.0 Å². The molecule has 1 fully saturated rings. The van der Waals surface area contributed by atoms with Gasteiger partial charge >= 0.3 is 0 Å². The maximum absolute atomic E-state index is 12.2. The van der Waals surface area contributed by atoms with Crippen molar-refractivity contribution in [3.8, 4) is 0 Å². The van der Waals surface area contributed by atoms with Crippen LogP contribution in [0.1, 0.15) is 45.4 Å². The number of rotatable bonds is 6. The van der Waals surface area contributed by atoms with Crippen LogP contribution in [0.5, 0.6) is 0 Å². The summed E-state index contributed by atoms with van der Waals surface area (Å²) in [4.78, 5) is 9.46. The van der Waals surface area contributed by atoms with Crippen LogP contribution >= 0.6 is 0 Å². The summed E-state index contributed by atoms with van der Waals surface area (Å²) in [6, 6.07) is 8.48. The number of aromatic nitrogens is 2. The van der Waals surface area contributed by atoms with Crippen molar-refractivity contribution in [1.82, 2.24) is 20.2 Å². The molecule has 2 aromatic rings. The first-order valence-corrected chi connectivity index (χ1v) is 11.3. The summed E-state index contributed by atoms with van der Waals surface area (Å²) in [5.74, 6) is 2.51. The summed E-state index contributed by atoms with van der Waals surface area (Å²) >= 11 is 0. The predicted molar refractivity (Wildman–Crippen MR) is 113 cm³/mol. The molecule has 0 aliphatic heterocycles. The fraction of sp³-hybridized carbons (Fsp3) is 0.600. The number of guanidine groups is 1. The monoisotopic (exact) mass is 389 g/mol. The van der Waals surface area contributed by atoms with Crippen LogP contribution in [0.4, 0.5) is 0 Å². The maximum Gasteiger partial charge on any atom is 0.191 e. The Labute approximate surface area is 164 Å². The highest BCUT2D eigenvalue weighted by Gasteiger charge is 2.26. The van der Waals surface area contributed by atoms with Gasteiger partial charge in [0.25, 0.3) is 0 Å². The van der Waals surface area contributed by atoms with Crippen molar-refractivity contribution < 1.29 is 4.21 Å². The molecule has 3 rings (SSSR count). The van der Waals surface area contributed by atoms with E-state index in [4.69, 9.17) is 9.98 Å². The highest BCUT2D eigenvalue weighted by Crippen LogP contribution is 2.23. The minimum Gasteiger partial charge on any atom is -0.357 e. The molecule has 0 spiro atoms. The van der Waals surface area contributed by atoms with Crippen molar-refractivity contribution in [2.75, 3.05) is 12.3 Å². The lowest BCUT2D eigenvalue weighted by Crippen LogP contribution is -2.46. The van der Waals surface area contributed by atoms with Gasteiger partial charge in [-0.2, -0.15) is 0 Å². The van der Waals surface area contributed by atoms with Gasteiger partial charge in [-0.1, -0.05) is 25.5 Å². The van der Waals surface area contributed by atoms with E-state index in [0.717, 1.165) is 60.8 Å². The molecule has 0 amide bonds. The Hall–Kier alpha value is -1.89. The van der Waals surface area contributed by atoms with Crippen LogP contribution in [-0.4, -0.2) is 43.3 Å². The topological polar surface area (TPSA) is 71.3 Å². The minimum atomic E-state index is -0.712. The van der Waals surface area contributed by atoms with Crippen LogP contribution in [0.15, 0.2) is 29.3 Å². The molecule has 1 aliphatic rings. The third-order valence-electron chi connectivity index (χ3n) is 5.23. The van der Waals surface area contributed by atoms with E-state index < -0.39 is 10.8 Å². The molecule has 6 nitrogen and oxygen atoms in total. The number of nitrogens with zero attached hydrogens (tertiary/aromatic N) is 3. The number of nitrogens with one attached hydrogen (secondary N) is 2. The highest BCUT2D eigenvalue weighted by molar-refractivity contribution is 7.85. The Balaban J connectivity index is 1.69. The van der Waals surface area contributed by atoms with Crippen molar-refractivity contribution in [1.29, 1.82) is 0 Å². The van der Waals surface area contributed by atoms with Crippen LogP contribution in [-0.2, 0) is 24.4 Å². The second-order valence-corrected chi connectivity index (χ2v) is 9.08. The zero-order chi connectivity index (χ0) is 19.2. The van der Waals surface area contributed by atoms with Crippen LogP contribution < -0.4 is 10.6 Å². The van der Waals surface area contributed by atoms with Gasteiger partial charge in [-0.05, 0) is 38.3 Å². The van der Waals surface area contributed by atoms with E-state index in [1.54, 1.807) is 0 Å². The quantitative estimate of drug-likeness (QED) is 0.589. The second-order valence-electron chi connectivity index (χ2n) is 7.07. The fourth-order valence-corrected chi connectivity index (χ4v) is 5.10. The van der Waals surface area contributed by atoms with Crippen LogP contribution in [0.25, 0.3) is 11.0 Å². The summed E-state index contributed by atoms with van der Waals surface area (Å²) in [6.07, 6.45) is 4.26. The van der Waals surface area contributed by atoms with E-state index >= 15 is 0 Å². The molecule has 3 atom stereocenters. The molecular weight excluding hydrogens is 358 g/mol. The minimum absolute atomic E-state index is 0.309. The molecular formula is C20H31N5OS. The molecule has 3 unspecified atom stereocenters. The molecule has 1 heterocycles. The lowest BCUT2D eigenvalue weighted by atomic mass is 9.95. The van der Waals surface area contributed by atoms with Gasteiger partial charge in [0, 0.05) is 41.4 Å². The first kappa shape index (κ1) is 19.9. The third kappa shape index (κ3) is 4.89. The van der Waals surface area contributed by atoms with Gasteiger partial charge in [0.15, 0.2) is 5.96 Å². The number of hydrogen-bond donors (Lipinski definition) is 2. The number of aryl methyl sites for hydroxylation is 1. The first-order chi connectivity index (χ1) is 13.1. The molecule has 7 heteroatoms. The van der Waals surface area contributed by atoms with Crippen molar-refractivity contribution in [3.63, 3.8) is 0 Å². The largest absolute Gasteiger partial charge is 0.357 e. The van der Waals surface area contributed by atoms with Crippen LogP contribution in [0.3, 0.4) is 0 Å². The lowest BCUT2D eigenvalue weighted by Gasteiger charge is -2.30. The third-order valence-corrected chi connectivity index (χ3v) is 6.97. The predicted octanol–water partition coefficient (Wildman–Crippen LogP) is 2.71. The van der Waals surface area contributed by atoms with Gasteiger partial charge < -0.3 is 15.2 Å². The summed E-state index contributed by atoms with van der Waals surface area (Å²) in [5, 5.41) is 7.20. The van der Waals surface area contributed by atoms with E-state index in [2.05, 4.69) is 28.2 Å². The summed E-state index contributed by atoms with van der Waals surface area (Å²) in [7, 11) is 1.32. The van der Waals surface area contributed by atoms with Crippen molar-refractivity contribution in [2.24, 2.45) is 12.0 Å². The van der Waals surface area contributed by atoms with Crippen molar-refractivity contribution in [2.45, 2.75) is 57.4 Å². The van der Waals surface area contributed by atoms with Crippen LogP contribution in [0, 0.1) is 0 Å². The van der Waals surface area contributed by atoms with E-state index in [1.165, 1.54) is 0 Å². The van der Waals surface area contributed by atoms with Gasteiger partial charge in [-0.15, -0.1) is 0 Å². The Morgan fingerprint density at radius 2 is 2.15 bits per heavy atom. The van der Waals surface area contributed by atoms with Crippen LogP contribution in [0.2, 0.25) is 0 Å². The highest BCUT2D eigenvalue weighted by atomic mass is 32.2. The second kappa shape index (κ2) is 9.35. The number of hydrogen-bond acceptors (Lipinski definition) is 3. The van der Waals surface area contributed by atoms with E-state index in [0.29, 0.717) is 17.8 Å². The smallest absolute Gasteiger partial charge is 0.191 e. The molecule has 27 heavy (non-hydrogen) atoms. The average Bonchev–Trinajstić information content (AvgIpc) is 3.02. The standard InChI is InChI=1S/C20H31N5OS/c1-4-21-20(23-15-9-8-10-16(13-15)27(26)5-2)22-14-19-24-17-11-6-7-12-18(17)25(19)3/h6-7,11-12,15-16H,4-5,8-10,13-14H2,1-3H3,(H2,21,22,23). The summed E-state index contributed by atoms with van der Waals surface area (Å²) < 4.78 is 14.3.